The zero-order valence-electron chi connectivity index (χ0n) is 19.1. The Labute approximate surface area is 184 Å². The normalized spacial score (nSPS) is 20.1. The van der Waals surface area contributed by atoms with Gasteiger partial charge in [0.1, 0.15) is 0 Å². The molecule has 3 rings (SSSR count). The molecule has 0 aliphatic heterocycles. The van der Waals surface area contributed by atoms with Gasteiger partial charge in [-0.2, -0.15) is 0 Å². The maximum atomic E-state index is 8.77. The molecule has 1 saturated carbocycles. The Balaban J connectivity index is 1.53. The quantitative estimate of drug-likeness (QED) is 0.360. The van der Waals surface area contributed by atoms with Crippen LogP contribution in [-0.2, 0) is 19.3 Å². The molecule has 0 heterocycles. The molecule has 0 amide bonds. The third-order valence-electron chi connectivity index (χ3n) is 6.88. The van der Waals surface area contributed by atoms with Gasteiger partial charge in [0, 0.05) is 12.1 Å². The summed E-state index contributed by atoms with van der Waals surface area (Å²) in [7, 11) is 0. The van der Waals surface area contributed by atoms with Crippen LogP contribution >= 0.6 is 0 Å². The minimum atomic E-state index is 0.458. The van der Waals surface area contributed by atoms with E-state index in [0.29, 0.717) is 11.8 Å². The highest BCUT2D eigenvalue weighted by Gasteiger charge is 2.20. The summed E-state index contributed by atoms with van der Waals surface area (Å²) in [6.45, 7) is 8.83. The Kier molecular flexibility index (Phi) is 8.49. The van der Waals surface area contributed by atoms with Gasteiger partial charge in [-0.1, -0.05) is 92.4 Å². The van der Waals surface area contributed by atoms with Crippen molar-refractivity contribution in [3.8, 4) is 0 Å². The van der Waals surface area contributed by atoms with E-state index >= 15 is 0 Å². The first kappa shape index (κ1) is 22.5. The van der Waals surface area contributed by atoms with Gasteiger partial charge >= 0.3 is 0 Å². The highest BCUT2D eigenvalue weighted by atomic mass is 14.4. The molecule has 1 aliphatic rings. The zero-order valence-corrected chi connectivity index (χ0v) is 19.1. The number of aryl methyl sites for hydroxylation is 2. The Bertz CT molecular complexity index is 830. The van der Waals surface area contributed by atoms with Gasteiger partial charge in [-0.05, 0) is 74.0 Å². The highest BCUT2D eigenvalue weighted by Crippen LogP contribution is 2.31. The highest BCUT2D eigenvalue weighted by molar-refractivity contribution is 5.85. The minimum Gasteiger partial charge on any atom is -0.309 e. The fraction of sp³-hybridized carbons (Fsp3) is 0.483. The summed E-state index contributed by atoms with van der Waals surface area (Å²) in [5, 5.41) is 8.77. The number of hydrogen-bond donors (Lipinski definition) is 1. The lowest BCUT2D eigenvalue weighted by molar-refractivity contribution is 0.477. The average Bonchev–Trinajstić information content (AvgIpc) is 2.87. The molecule has 1 N–H and O–H groups in total. The number of nitrogens with one attached hydrogen (secondary N) is 1. The SMILES string of the molecule is C=C(Cc1ccc(C)cc1)C1CCCCC(C(=N)Cc2cccc(CC)c2)CCC1. The van der Waals surface area contributed by atoms with Crippen LogP contribution in [-0.4, -0.2) is 5.71 Å². The molecule has 0 saturated heterocycles. The Morgan fingerprint density at radius 2 is 1.47 bits per heavy atom. The van der Waals surface area contributed by atoms with Crippen molar-refractivity contribution in [2.75, 3.05) is 0 Å². The lowest BCUT2D eigenvalue weighted by Gasteiger charge is -2.20. The van der Waals surface area contributed by atoms with Gasteiger partial charge in [0.25, 0.3) is 0 Å². The van der Waals surface area contributed by atoms with Gasteiger partial charge in [0.05, 0.1) is 0 Å². The van der Waals surface area contributed by atoms with Crippen LogP contribution in [0, 0.1) is 24.2 Å². The van der Waals surface area contributed by atoms with Crippen LogP contribution in [0.15, 0.2) is 60.7 Å². The van der Waals surface area contributed by atoms with E-state index in [9.17, 15) is 0 Å². The molecule has 0 bridgehead atoms. The zero-order chi connectivity index (χ0) is 21.3. The van der Waals surface area contributed by atoms with Gasteiger partial charge in [-0.15, -0.1) is 0 Å². The van der Waals surface area contributed by atoms with E-state index in [1.807, 2.05) is 0 Å². The molecule has 2 aromatic carbocycles. The molecule has 1 aliphatic carbocycles. The first-order chi connectivity index (χ1) is 14.5. The van der Waals surface area contributed by atoms with Crippen molar-refractivity contribution >= 4 is 5.71 Å². The molecule has 2 atom stereocenters. The van der Waals surface area contributed by atoms with E-state index in [1.165, 1.54) is 72.8 Å². The van der Waals surface area contributed by atoms with Gasteiger partial charge < -0.3 is 5.41 Å². The largest absolute Gasteiger partial charge is 0.309 e. The smallest absolute Gasteiger partial charge is 0.0164 e. The van der Waals surface area contributed by atoms with Crippen molar-refractivity contribution in [1.29, 1.82) is 5.41 Å². The van der Waals surface area contributed by atoms with E-state index < -0.39 is 0 Å². The van der Waals surface area contributed by atoms with E-state index in [-0.39, 0.29) is 0 Å². The average molecular weight is 402 g/mol. The summed E-state index contributed by atoms with van der Waals surface area (Å²) in [4.78, 5) is 0. The number of allylic oxidation sites excluding steroid dienone is 1. The molecule has 0 radical (unpaired) electrons. The van der Waals surface area contributed by atoms with Gasteiger partial charge in [-0.25, -0.2) is 0 Å². The standard InChI is InChI=1S/C29H39N/c1-4-24-9-7-10-26(20-24)21-29(30)28-12-6-5-11-27(13-8-14-28)23(3)19-25-17-15-22(2)16-18-25/h7,9-10,15-18,20,27-28,30H,3-6,8,11-14,19,21H2,1-2H3. The Morgan fingerprint density at radius 3 is 2.20 bits per heavy atom. The third-order valence-corrected chi connectivity index (χ3v) is 6.88. The van der Waals surface area contributed by atoms with Crippen molar-refractivity contribution in [3.63, 3.8) is 0 Å². The molecule has 160 valence electrons. The van der Waals surface area contributed by atoms with Crippen LogP contribution in [0.1, 0.15) is 74.1 Å². The van der Waals surface area contributed by atoms with Crippen LogP contribution in [0.3, 0.4) is 0 Å². The second-order valence-corrected chi connectivity index (χ2v) is 9.31. The number of rotatable bonds is 7. The Morgan fingerprint density at radius 1 is 0.833 bits per heavy atom. The first-order valence-corrected chi connectivity index (χ1v) is 11.9. The number of hydrogen-bond acceptors (Lipinski definition) is 1. The van der Waals surface area contributed by atoms with Crippen molar-refractivity contribution < 1.29 is 0 Å². The first-order valence-electron chi connectivity index (χ1n) is 11.9. The minimum absolute atomic E-state index is 0.458. The number of benzene rings is 2. The molecular formula is C29H39N. The lowest BCUT2D eigenvalue weighted by atomic mass is 9.86. The molecule has 0 spiro atoms. The molecule has 1 nitrogen and oxygen atoms in total. The summed E-state index contributed by atoms with van der Waals surface area (Å²) in [6, 6.07) is 17.7. The van der Waals surface area contributed by atoms with E-state index in [2.05, 4.69) is 69.0 Å². The second-order valence-electron chi connectivity index (χ2n) is 9.31. The summed E-state index contributed by atoms with van der Waals surface area (Å²) in [5.74, 6) is 1.10. The molecule has 2 aromatic rings. The maximum Gasteiger partial charge on any atom is 0.0164 e. The second kappa shape index (κ2) is 11.3. The van der Waals surface area contributed by atoms with Gasteiger partial charge in [0.2, 0.25) is 0 Å². The molecule has 30 heavy (non-hydrogen) atoms. The van der Waals surface area contributed by atoms with Crippen molar-refractivity contribution in [1.82, 2.24) is 0 Å². The lowest BCUT2D eigenvalue weighted by Crippen LogP contribution is -2.16. The Hall–Kier alpha value is -2.15. The predicted molar refractivity (Wildman–Crippen MR) is 131 cm³/mol. The topological polar surface area (TPSA) is 23.9 Å². The third kappa shape index (κ3) is 6.69. The summed E-state index contributed by atoms with van der Waals surface area (Å²) in [6.07, 6.45) is 11.5. The monoisotopic (exact) mass is 401 g/mol. The van der Waals surface area contributed by atoms with Crippen LogP contribution in [0.25, 0.3) is 0 Å². The summed E-state index contributed by atoms with van der Waals surface area (Å²) < 4.78 is 0. The summed E-state index contributed by atoms with van der Waals surface area (Å²) >= 11 is 0. The van der Waals surface area contributed by atoms with Crippen LogP contribution in [0.5, 0.6) is 0 Å². The van der Waals surface area contributed by atoms with E-state index in [0.717, 1.165) is 25.0 Å². The molecule has 1 fully saturated rings. The van der Waals surface area contributed by atoms with Crippen LogP contribution < -0.4 is 0 Å². The predicted octanol–water partition coefficient (Wildman–Crippen LogP) is 7.90. The van der Waals surface area contributed by atoms with Crippen molar-refractivity contribution in [2.45, 2.75) is 78.1 Å². The van der Waals surface area contributed by atoms with Gasteiger partial charge in [-0.3, -0.25) is 0 Å². The van der Waals surface area contributed by atoms with Crippen LogP contribution in [0.2, 0.25) is 0 Å². The van der Waals surface area contributed by atoms with E-state index in [4.69, 9.17) is 5.41 Å². The van der Waals surface area contributed by atoms with E-state index in [1.54, 1.807) is 0 Å². The van der Waals surface area contributed by atoms with Crippen molar-refractivity contribution in [3.05, 3.63) is 82.9 Å². The molecular weight excluding hydrogens is 362 g/mol. The van der Waals surface area contributed by atoms with Gasteiger partial charge in [0.15, 0.2) is 0 Å². The fourth-order valence-corrected chi connectivity index (χ4v) is 4.87. The maximum absolute atomic E-state index is 8.77. The molecule has 2 unspecified atom stereocenters. The fourth-order valence-electron chi connectivity index (χ4n) is 4.87. The van der Waals surface area contributed by atoms with Crippen LogP contribution in [0.4, 0.5) is 0 Å². The molecule has 1 heteroatoms. The van der Waals surface area contributed by atoms with Crippen molar-refractivity contribution in [2.24, 2.45) is 11.8 Å². The molecule has 0 aromatic heterocycles. The summed E-state index contributed by atoms with van der Waals surface area (Å²) in [5.41, 5.74) is 7.75.